The molecule has 6 nitrogen and oxygen atoms in total. The lowest BCUT2D eigenvalue weighted by atomic mass is 10.2. The van der Waals surface area contributed by atoms with Crippen molar-refractivity contribution < 1.29 is 27.4 Å². The molecule has 0 amide bonds. The van der Waals surface area contributed by atoms with E-state index < -0.39 is 12.0 Å². The van der Waals surface area contributed by atoms with Crippen LogP contribution in [-0.2, 0) is 6.18 Å². The fourth-order valence-electron chi connectivity index (χ4n) is 2.64. The van der Waals surface area contributed by atoms with Crippen LogP contribution < -0.4 is 19.5 Å². The number of fused-ring (bicyclic) bond motifs is 2. The van der Waals surface area contributed by atoms with E-state index >= 15 is 0 Å². The number of hydrogen-bond acceptors (Lipinski definition) is 6. The summed E-state index contributed by atoms with van der Waals surface area (Å²) in [5.41, 5.74) is 0.221. The number of aromatic nitrogens is 2. The van der Waals surface area contributed by atoms with Crippen molar-refractivity contribution in [3.8, 4) is 17.2 Å². The number of nitrogens with one attached hydrogen (secondary N) is 1. The van der Waals surface area contributed by atoms with Gasteiger partial charge in [-0.3, -0.25) is 0 Å². The third kappa shape index (κ3) is 3.67. The van der Waals surface area contributed by atoms with Crippen LogP contribution in [-0.4, -0.2) is 29.9 Å². The number of halogens is 3. The molecule has 1 aliphatic heterocycles. The molecule has 1 aliphatic rings. The summed E-state index contributed by atoms with van der Waals surface area (Å²) in [6.45, 7) is 0.648. The second kappa shape index (κ2) is 6.82. The summed E-state index contributed by atoms with van der Waals surface area (Å²) in [7, 11) is 0. The first kappa shape index (κ1) is 17.2. The number of ether oxygens (including phenoxy) is 3. The fourth-order valence-corrected chi connectivity index (χ4v) is 2.64. The zero-order valence-corrected chi connectivity index (χ0v) is 13.9. The van der Waals surface area contributed by atoms with Crippen molar-refractivity contribution in [2.75, 3.05) is 25.3 Å². The van der Waals surface area contributed by atoms with Gasteiger partial charge in [0.05, 0.1) is 12.1 Å². The van der Waals surface area contributed by atoms with E-state index in [1.54, 1.807) is 36.4 Å². The Bertz CT molecular complexity index is 979. The average Bonchev–Trinajstić information content (AvgIpc) is 3.12. The number of rotatable bonds is 5. The molecule has 3 aromatic rings. The Morgan fingerprint density at radius 3 is 2.70 bits per heavy atom. The van der Waals surface area contributed by atoms with E-state index in [0.717, 1.165) is 0 Å². The summed E-state index contributed by atoms with van der Waals surface area (Å²) in [6.07, 6.45) is -4.62. The third-order valence-electron chi connectivity index (χ3n) is 3.86. The van der Waals surface area contributed by atoms with Gasteiger partial charge in [-0.25, -0.2) is 9.97 Å². The molecule has 2 heterocycles. The second-order valence-electron chi connectivity index (χ2n) is 5.70. The summed E-state index contributed by atoms with van der Waals surface area (Å²) >= 11 is 0. The molecule has 0 atom stereocenters. The van der Waals surface area contributed by atoms with Crippen molar-refractivity contribution in [1.29, 1.82) is 0 Å². The van der Waals surface area contributed by atoms with Crippen molar-refractivity contribution in [3.63, 3.8) is 0 Å². The third-order valence-corrected chi connectivity index (χ3v) is 3.86. The normalized spacial score (nSPS) is 13.0. The standard InChI is InChI=1S/C18H14F3N3O3/c19-18(20,21)17-23-13-4-2-1-3-12(13)16(24-17)22-7-8-25-11-5-6-14-15(9-11)27-10-26-14/h1-6,9H,7-8,10H2,(H,22,23,24). The van der Waals surface area contributed by atoms with Crippen LogP contribution in [0.1, 0.15) is 5.82 Å². The SMILES string of the molecule is FC(F)(F)c1nc(NCCOc2ccc3c(c2)OCO3)c2ccccc2n1. The van der Waals surface area contributed by atoms with Crippen LogP contribution in [0, 0.1) is 0 Å². The van der Waals surface area contributed by atoms with E-state index in [4.69, 9.17) is 14.2 Å². The van der Waals surface area contributed by atoms with Crippen LogP contribution in [0.25, 0.3) is 10.9 Å². The number of anilines is 1. The number of para-hydroxylation sites is 1. The minimum absolute atomic E-state index is 0.113. The van der Waals surface area contributed by atoms with E-state index in [2.05, 4.69) is 15.3 Å². The molecule has 0 fully saturated rings. The maximum absolute atomic E-state index is 13.0. The molecule has 140 valence electrons. The zero-order valence-electron chi connectivity index (χ0n) is 13.9. The highest BCUT2D eigenvalue weighted by Crippen LogP contribution is 2.35. The maximum atomic E-state index is 13.0. The van der Waals surface area contributed by atoms with Crippen LogP contribution >= 0.6 is 0 Å². The van der Waals surface area contributed by atoms with Gasteiger partial charge in [-0.1, -0.05) is 12.1 Å². The lowest BCUT2D eigenvalue weighted by Gasteiger charge is -2.13. The Balaban J connectivity index is 1.45. The fraction of sp³-hybridized carbons (Fsp3) is 0.222. The molecule has 27 heavy (non-hydrogen) atoms. The molecule has 0 unspecified atom stereocenters. The minimum atomic E-state index is -4.62. The van der Waals surface area contributed by atoms with Crippen molar-refractivity contribution in [1.82, 2.24) is 9.97 Å². The van der Waals surface area contributed by atoms with Gasteiger partial charge in [0.2, 0.25) is 12.6 Å². The van der Waals surface area contributed by atoms with Gasteiger partial charge >= 0.3 is 6.18 Å². The van der Waals surface area contributed by atoms with Gasteiger partial charge in [0.1, 0.15) is 18.2 Å². The molecule has 2 aromatic carbocycles. The van der Waals surface area contributed by atoms with Gasteiger partial charge in [0.25, 0.3) is 0 Å². The highest BCUT2D eigenvalue weighted by molar-refractivity contribution is 5.89. The quantitative estimate of drug-likeness (QED) is 0.681. The molecule has 0 saturated carbocycles. The van der Waals surface area contributed by atoms with Gasteiger partial charge in [-0.05, 0) is 24.3 Å². The van der Waals surface area contributed by atoms with E-state index in [0.29, 0.717) is 22.6 Å². The van der Waals surface area contributed by atoms with Crippen LogP contribution in [0.15, 0.2) is 42.5 Å². The van der Waals surface area contributed by atoms with Gasteiger partial charge in [-0.2, -0.15) is 13.2 Å². The first-order chi connectivity index (χ1) is 13.0. The Hall–Kier alpha value is -3.23. The molecule has 0 aliphatic carbocycles. The number of benzene rings is 2. The molecule has 0 radical (unpaired) electrons. The number of nitrogens with zero attached hydrogens (tertiary/aromatic N) is 2. The summed E-state index contributed by atoms with van der Waals surface area (Å²) in [6, 6.07) is 11.7. The highest BCUT2D eigenvalue weighted by Gasteiger charge is 2.35. The van der Waals surface area contributed by atoms with E-state index in [1.807, 2.05) is 0 Å². The topological polar surface area (TPSA) is 65.5 Å². The Labute approximate surface area is 151 Å². The largest absolute Gasteiger partial charge is 0.492 e. The summed E-state index contributed by atoms with van der Waals surface area (Å²) < 4.78 is 55.1. The highest BCUT2D eigenvalue weighted by atomic mass is 19.4. The van der Waals surface area contributed by atoms with Crippen molar-refractivity contribution in [3.05, 3.63) is 48.3 Å². The second-order valence-corrected chi connectivity index (χ2v) is 5.70. The molecule has 0 saturated heterocycles. The van der Waals surface area contributed by atoms with Gasteiger partial charge in [0.15, 0.2) is 11.5 Å². The van der Waals surface area contributed by atoms with Crippen LogP contribution in [0.4, 0.5) is 19.0 Å². The predicted octanol–water partition coefficient (Wildman–Crippen LogP) is 3.87. The van der Waals surface area contributed by atoms with E-state index in [-0.39, 0.29) is 31.3 Å². The Morgan fingerprint density at radius 2 is 1.85 bits per heavy atom. The summed E-state index contributed by atoms with van der Waals surface area (Å²) in [5.74, 6) is 0.747. The van der Waals surface area contributed by atoms with Gasteiger partial charge in [-0.15, -0.1) is 0 Å². The van der Waals surface area contributed by atoms with E-state index in [9.17, 15) is 13.2 Å². The first-order valence-corrected chi connectivity index (χ1v) is 8.11. The summed E-state index contributed by atoms with van der Waals surface area (Å²) in [4.78, 5) is 7.21. The molecular weight excluding hydrogens is 363 g/mol. The average molecular weight is 377 g/mol. The number of hydrogen-bond donors (Lipinski definition) is 1. The maximum Gasteiger partial charge on any atom is 0.451 e. The minimum Gasteiger partial charge on any atom is -0.492 e. The van der Waals surface area contributed by atoms with Crippen molar-refractivity contribution in [2.45, 2.75) is 6.18 Å². The van der Waals surface area contributed by atoms with Crippen LogP contribution in [0.5, 0.6) is 17.2 Å². The van der Waals surface area contributed by atoms with Crippen molar-refractivity contribution >= 4 is 16.7 Å². The zero-order chi connectivity index (χ0) is 18.9. The molecule has 9 heteroatoms. The lowest BCUT2D eigenvalue weighted by Crippen LogP contribution is -2.16. The Kier molecular flexibility index (Phi) is 4.35. The molecule has 4 rings (SSSR count). The van der Waals surface area contributed by atoms with Crippen molar-refractivity contribution in [2.24, 2.45) is 0 Å². The van der Waals surface area contributed by atoms with E-state index in [1.165, 1.54) is 6.07 Å². The molecule has 0 bridgehead atoms. The Morgan fingerprint density at radius 1 is 1.04 bits per heavy atom. The molecule has 1 aromatic heterocycles. The summed E-state index contributed by atoms with van der Waals surface area (Å²) in [5, 5.41) is 3.40. The molecule has 1 N–H and O–H groups in total. The first-order valence-electron chi connectivity index (χ1n) is 8.11. The molecular formula is C18H14F3N3O3. The van der Waals surface area contributed by atoms with Crippen LogP contribution in [0.2, 0.25) is 0 Å². The van der Waals surface area contributed by atoms with Gasteiger partial charge < -0.3 is 19.5 Å². The number of alkyl halides is 3. The lowest BCUT2D eigenvalue weighted by molar-refractivity contribution is -0.144. The molecule has 0 spiro atoms. The smallest absolute Gasteiger partial charge is 0.451 e. The predicted molar refractivity (Wildman–Crippen MR) is 91.1 cm³/mol. The van der Waals surface area contributed by atoms with Gasteiger partial charge in [0, 0.05) is 11.5 Å². The van der Waals surface area contributed by atoms with Crippen LogP contribution in [0.3, 0.4) is 0 Å². The monoisotopic (exact) mass is 377 g/mol.